The second-order valence-electron chi connectivity index (χ2n) is 7.91. The predicted molar refractivity (Wildman–Crippen MR) is 123 cm³/mol. The van der Waals surface area contributed by atoms with Gasteiger partial charge in [0.15, 0.2) is 0 Å². The molecule has 0 unspecified atom stereocenters. The van der Waals surface area contributed by atoms with E-state index >= 15 is 0 Å². The maximum absolute atomic E-state index is 13.3. The zero-order valence-corrected chi connectivity index (χ0v) is 17.9. The molecule has 4 aromatic rings. The summed E-state index contributed by atoms with van der Waals surface area (Å²) in [6, 6.07) is 19.7. The van der Waals surface area contributed by atoms with E-state index in [0.717, 1.165) is 24.5 Å². The fourth-order valence-corrected chi connectivity index (χ4v) is 4.17. The van der Waals surface area contributed by atoms with Crippen molar-refractivity contribution >= 4 is 22.5 Å². The average Bonchev–Trinajstić information content (AvgIpc) is 3.30. The number of hydrogen-bond donors (Lipinski definition) is 0. The van der Waals surface area contributed by atoms with Gasteiger partial charge in [-0.3, -0.25) is 9.59 Å². The zero-order valence-electron chi connectivity index (χ0n) is 17.9. The number of aromatic nitrogens is 4. The number of piperazine rings is 1. The van der Waals surface area contributed by atoms with Crippen LogP contribution in [0.5, 0.6) is 0 Å². The number of anilines is 1. The third kappa shape index (κ3) is 3.64. The summed E-state index contributed by atoms with van der Waals surface area (Å²) in [6.07, 6.45) is 1.65. The Morgan fingerprint density at radius 2 is 1.53 bits per heavy atom. The van der Waals surface area contributed by atoms with Crippen LogP contribution in [0.15, 0.2) is 71.7 Å². The summed E-state index contributed by atoms with van der Waals surface area (Å²) in [5.41, 5.74) is 2.74. The van der Waals surface area contributed by atoms with Crippen LogP contribution < -0.4 is 10.5 Å². The van der Waals surface area contributed by atoms with Gasteiger partial charge in [0.25, 0.3) is 5.56 Å². The monoisotopic (exact) mass is 428 g/mol. The molecule has 0 N–H and O–H groups in total. The lowest BCUT2D eigenvalue weighted by atomic mass is 10.2. The van der Waals surface area contributed by atoms with E-state index in [-0.39, 0.29) is 18.0 Å². The first kappa shape index (κ1) is 20.0. The summed E-state index contributed by atoms with van der Waals surface area (Å²) < 4.78 is 2.89. The fraction of sp³-hybridized carbons (Fsp3) is 0.250. The molecule has 0 radical (unpaired) electrons. The Balaban J connectivity index is 1.37. The maximum Gasteiger partial charge on any atom is 0.293 e. The Kier molecular flexibility index (Phi) is 5.18. The van der Waals surface area contributed by atoms with Crippen molar-refractivity contribution in [1.29, 1.82) is 0 Å². The SMILES string of the molecule is Cc1nn(CC(=O)N2CCN(c3ccccc3)CC2)c(=O)c2c1cnn2-c1ccccc1. The van der Waals surface area contributed by atoms with Crippen LogP contribution in [0.2, 0.25) is 0 Å². The van der Waals surface area contributed by atoms with Gasteiger partial charge >= 0.3 is 0 Å². The molecule has 2 aromatic carbocycles. The lowest BCUT2D eigenvalue weighted by Crippen LogP contribution is -2.50. The number of amides is 1. The number of carbonyl (C=O) groups excluding carboxylic acids is 1. The summed E-state index contributed by atoms with van der Waals surface area (Å²) in [4.78, 5) is 30.3. The van der Waals surface area contributed by atoms with E-state index in [1.807, 2.05) is 60.4 Å². The van der Waals surface area contributed by atoms with Crippen LogP contribution in [0.4, 0.5) is 5.69 Å². The summed E-state index contributed by atoms with van der Waals surface area (Å²) in [6.45, 7) is 4.50. The topological polar surface area (TPSA) is 76.3 Å². The van der Waals surface area contributed by atoms with Gasteiger partial charge in [0, 0.05) is 37.3 Å². The first-order valence-corrected chi connectivity index (χ1v) is 10.7. The number of para-hydroxylation sites is 2. The summed E-state index contributed by atoms with van der Waals surface area (Å²) in [7, 11) is 0. The normalized spacial score (nSPS) is 14.2. The third-order valence-electron chi connectivity index (χ3n) is 5.91. The van der Waals surface area contributed by atoms with Crippen LogP contribution >= 0.6 is 0 Å². The minimum atomic E-state index is -0.316. The molecule has 0 spiro atoms. The molecule has 0 atom stereocenters. The maximum atomic E-state index is 13.3. The van der Waals surface area contributed by atoms with Gasteiger partial charge in [-0.2, -0.15) is 10.2 Å². The van der Waals surface area contributed by atoms with Crippen LogP contribution in [-0.4, -0.2) is 56.5 Å². The number of hydrogen-bond acceptors (Lipinski definition) is 5. The molecule has 162 valence electrons. The first-order valence-electron chi connectivity index (χ1n) is 10.7. The van der Waals surface area contributed by atoms with Crippen LogP contribution in [-0.2, 0) is 11.3 Å². The smallest absolute Gasteiger partial charge is 0.293 e. The second kappa shape index (κ2) is 8.30. The van der Waals surface area contributed by atoms with Gasteiger partial charge in [0.2, 0.25) is 5.91 Å². The van der Waals surface area contributed by atoms with E-state index in [1.54, 1.807) is 10.9 Å². The zero-order chi connectivity index (χ0) is 22.1. The Morgan fingerprint density at radius 1 is 0.906 bits per heavy atom. The molecule has 1 aliphatic heterocycles. The highest BCUT2D eigenvalue weighted by atomic mass is 16.2. The molecule has 0 aliphatic carbocycles. The first-order chi connectivity index (χ1) is 15.6. The van der Waals surface area contributed by atoms with Gasteiger partial charge in [-0.15, -0.1) is 0 Å². The van der Waals surface area contributed by atoms with Gasteiger partial charge in [0.1, 0.15) is 12.1 Å². The molecule has 0 bridgehead atoms. The molecule has 8 nitrogen and oxygen atoms in total. The molecule has 1 saturated heterocycles. The van der Waals surface area contributed by atoms with Crippen molar-refractivity contribution in [3.05, 3.63) is 82.9 Å². The van der Waals surface area contributed by atoms with Crippen LogP contribution in [0, 0.1) is 6.92 Å². The highest BCUT2D eigenvalue weighted by Crippen LogP contribution is 2.18. The number of aryl methyl sites for hydroxylation is 1. The lowest BCUT2D eigenvalue weighted by Gasteiger charge is -2.36. The highest BCUT2D eigenvalue weighted by Gasteiger charge is 2.23. The van der Waals surface area contributed by atoms with Gasteiger partial charge in [-0.05, 0) is 31.2 Å². The average molecular weight is 428 g/mol. The molecule has 1 amide bonds. The number of nitrogens with zero attached hydrogens (tertiary/aromatic N) is 6. The highest BCUT2D eigenvalue weighted by molar-refractivity contribution is 5.82. The van der Waals surface area contributed by atoms with Crippen molar-refractivity contribution in [2.45, 2.75) is 13.5 Å². The van der Waals surface area contributed by atoms with Crippen molar-refractivity contribution in [2.24, 2.45) is 0 Å². The largest absolute Gasteiger partial charge is 0.368 e. The van der Waals surface area contributed by atoms with E-state index in [2.05, 4.69) is 27.2 Å². The summed E-state index contributed by atoms with van der Waals surface area (Å²) >= 11 is 0. The molecule has 8 heteroatoms. The fourth-order valence-electron chi connectivity index (χ4n) is 4.17. The van der Waals surface area contributed by atoms with Crippen molar-refractivity contribution in [2.75, 3.05) is 31.1 Å². The van der Waals surface area contributed by atoms with E-state index in [4.69, 9.17) is 0 Å². The third-order valence-corrected chi connectivity index (χ3v) is 5.91. The van der Waals surface area contributed by atoms with E-state index < -0.39 is 0 Å². The van der Waals surface area contributed by atoms with Gasteiger partial charge in [-0.1, -0.05) is 36.4 Å². The molecular formula is C24H24N6O2. The lowest BCUT2D eigenvalue weighted by molar-refractivity contribution is -0.132. The summed E-state index contributed by atoms with van der Waals surface area (Å²) in [5.74, 6) is -0.100. The molecule has 32 heavy (non-hydrogen) atoms. The molecule has 2 aromatic heterocycles. The predicted octanol–water partition coefficient (Wildman–Crippen LogP) is 2.24. The van der Waals surface area contributed by atoms with E-state index in [1.165, 1.54) is 4.68 Å². The second-order valence-corrected chi connectivity index (χ2v) is 7.91. The van der Waals surface area contributed by atoms with Gasteiger partial charge in [0.05, 0.1) is 17.6 Å². The molecule has 1 fully saturated rings. The Labute approximate surface area is 185 Å². The number of carbonyl (C=O) groups is 1. The van der Waals surface area contributed by atoms with Crippen molar-refractivity contribution in [1.82, 2.24) is 24.5 Å². The summed E-state index contributed by atoms with van der Waals surface area (Å²) in [5, 5.41) is 9.49. The Morgan fingerprint density at radius 3 is 2.19 bits per heavy atom. The number of fused-ring (bicyclic) bond motifs is 1. The molecule has 0 saturated carbocycles. The van der Waals surface area contributed by atoms with Crippen molar-refractivity contribution in [3.63, 3.8) is 0 Å². The van der Waals surface area contributed by atoms with Crippen molar-refractivity contribution < 1.29 is 4.79 Å². The molecular weight excluding hydrogens is 404 g/mol. The van der Waals surface area contributed by atoms with Gasteiger partial charge < -0.3 is 9.80 Å². The molecule has 3 heterocycles. The quantitative estimate of drug-likeness (QED) is 0.498. The van der Waals surface area contributed by atoms with Crippen LogP contribution in [0.3, 0.4) is 0 Å². The standard InChI is InChI=1S/C24H24N6O2/c1-18-21-16-25-30(20-10-6-3-7-11-20)23(21)24(32)29(26-18)17-22(31)28-14-12-27(13-15-28)19-8-4-2-5-9-19/h2-11,16H,12-15,17H2,1H3. The number of benzene rings is 2. The number of rotatable bonds is 4. The Bertz CT molecular complexity index is 1310. The van der Waals surface area contributed by atoms with Crippen LogP contribution in [0.1, 0.15) is 5.69 Å². The minimum absolute atomic E-state index is 0.0824. The molecule has 5 rings (SSSR count). The molecule has 1 aliphatic rings. The van der Waals surface area contributed by atoms with Gasteiger partial charge in [-0.25, -0.2) is 9.36 Å². The van der Waals surface area contributed by atoms with E-state index in [9.17, 15) is 9.59 Å². The van der Waals surface area contributed by atoms with Crippen molar-refractivity contribution in [3.8, 4) is 5.69 Å². The minimum Gasteiger partial charge on any atom is -0.368 e. The van der Waals surface area contributed by atoms with Crippen LogP contribution in [0.25, 0.3) is 16.6 Å². The van der Waals surface area contributed by atoms with E-state index in [0.29, 0.717) is 29.7 Å². The Hall–Kier alpha value is -3.94.